The molecule has 3 rings (SSSR count). The van der Waals surface area contributed by atoms with Gasteiger partial charge in [0.25, 0.3) is 9.05 Å². The molecule has 0 spiro atoms. The van der Waals surface area contributed by atoms with Crippen LogP contribution in [0.1, 0.15) is 12.0 Å². The van der Waals surface area contributed by atoms with Gasteiger partial charge in [0.2, 0.25) is 4.87 Å². The molecular weight excluding hydrogens is 344 g/mol. The topological polar surface area (TPSA) is 58.9 Å². The molecule has 2 aromatic carbocycles. The zero-order valence-corrected chi connectivity index (χ0v) is 14.3. The standard InChI is InChI=1S/C18H15ClN2O2S/c19-24(22,23)18(21-20-17-9-5-2-6-10-17)13-11-16(12-14-18)15-7-3-1-4-8-15/h1-13H,14H2/t18-/m0/s1. The van der Waals surface area contributed by atoms with Gasteiger partial charge in [-0.05, 0) is 29.3 Å². The lowest BCUT2D eigenvalue weighted by Crippen LogP contribution is -2.31. The van der Waals surface area contributed by atoms with Crippen molar-refractivity contribution < 1.29 is 8.42 Å². The fourth-order valence-electron chi connectivity index (χ4n) is 2.40. The van der Waals surface area contributed by atoms with E-state index in [0.29, 0.717) is 5.69 Å². The van der Waals surface area contributed by atoms with Crippen molar-refractivity contribution in [2.45, 2.75) is 11.3 Å². The van der Waals surface area contributed by atoms with E-state index in [1.807, 2.05) is 42.5 Å². The summed E-state index contributed by atoms with van der Waals surface area (Å²) in [5.41, 5.74) is 2.51. The fraction of sp³-hybridized carbons (Fsp3) is 0.111. The molecule has 0 heterocycles. The normalized spacial score (nSPS) is 21.0. The van der Waals surface area contributed by atoms with Gasteiger partial charge in [0.05, 0.1) is 5.69 Å². The van der Waals surface area contributed by atoms with Gasteiger partial charge in [-0.1, -0.05) is 60.7 Å². The lowest BCUT2D eigenvalue weighted by atomic mass is 9.97. The van der Waals surface area contributed by atoms with Crippen molar-refractivity contribution in [1.29, 1.82) is 0 Å². The molecule has 1 atom stereocenters. The van der Waals surface area contributed by atoms with E-state index in [-0.39, 0.29) is 6.42 Å². The van der Waals surface area contributed by atoms with Crippen molar-refractivity contribution in [3.8, 4) is 0 Å². The van der Waals surface area contributed by atoms with Crippen molar-refractivity contribution in [2.75, 3.05) is 0 Å². The first-order valence-electron chi connectivity index (χ1n) is 7.37. The van der Waals surface area contributed by atoms with E-state index in [1.54, 1.807) is 30.3 Å². The van der Waals surface area contributed by atoms with Gasteiger partial charge in [0.15, 0.2) is 0 Å². The molecule has 0 saturated carbocycles. The number of nitrogens with zero attached hydrogens (tertiary/aromatic N) is 2. The smallest absolute Gasteiger partial charge is 0.209 e. The van der Waals surface area contributed by atoms with Crippen molar-refractivity contribution in [3.05, 3.63) is 84.5 Å². The molecule has 0 aliphatic heterocycles. The first kappa shape index (κ1) is 16.6. The van der Waals surface area contributed by atoms with Crippen LogP contribution in [-0.2, 0) is 9.05 Å². The van der Waals surface area contributed by atoms with Gasteiger partial charge >= 0.3 is 0 Å². The van der Waals surface area contributed by atoms with E-state index in [0.717, 1.165) is 11.1 Å². The van der Waals surface area contributed by atoms with Crippen LogP contribution in [0.3, 0.4) is 0 Å². The van der Waals surface area contributed by atoms with Gasteiger partial charge in [0.1, 0.15) is 0 Å². The second kappa shape index (κ2) is 6.71. The predicted octanol–water partition coefficient (Wildman–Crippen LogP) is 5.08. The number of allylic oxidation sites excluding steroid dienone is 2. The zero-order valence-electron chi connectivity index (χ0n) is 12.7. The van der Waals surface area contributed by atoms with Crippen molar-refractivity contribution >= 4 is 31.0 Å². The summed E-state index contributed by atoms with van der Waals surface area (Å²) in [6.45, 7) is 0. The minimum atomic E-state index is -3.98. The van der Waals surface area contributed by atoms with Gasteiger partial charge < -0.3 is 0 Å². The summed E-state index contributed by atoms with van der Waals surface area (Å²) < 4.78 is 24.2. The summed E-state index contributed by atoms with van der Waals surface area (Å²) in [7, 11) is 1.68. The molecule has 0 radical (unpaired) electrons. The number of hydrogen-bond acceptors (Lipinski definition) is 4. The monoisotopic (exact) mass is 358 g/mol. The maximum atomic E-state index is 12.1. The van der Waals surface area contributed by atoms with Crippen molar-refractivity contribution in [2.24, 2.45) is 10.2 Å². The third-order valence-electron chi connectivity index (χ3n) is 3.76. The zero-order chi connectivity index (χ0) is 17.0. The van der Waals surface area contributed by atoms with E-state index in [1.165, 1.54) is 6.08 Å². The van der Waals surface area contributed by atoms with Crippen LogP contribution >= 0.6 is 10.7 Å². The van der Waals surface area contributed by atoms with Crippen molar-refractivity contribution in [1.82, 2.24) is 0 Å². The highest BCUT2D eigenvalue weighted by Gasteiger charge is 2.41. The summed E-state index contributed by atoms with van der Waals surface area (Å²) in [6, 6.07) is 18.7. The van der Waals surface area contributed by atoms with Crippen LogP contribution in [0.5, 0.6) is 0 Å². The predicted molar refractivity (Wildman–Crippen MR) is 96.6 cm³/mol. The molecule has 122 valence electrons. The van der Waals surface area contributed by atoms with Gasteiger partial charge in [0, 0.05) is 17.1 Å². The highest BCUT2D eigenvalue weighted by atomic mass is 35.7. The minimum Gasteiger partial charge on any atom is -0.209 e. The Kier molecular flexibility index (Phi) is 4.64. The molecule has 0 saturated heterocycles. The Morgan fingerprint density at radius 2 is 1.58 bits per heavy atom. The third-order valence-corrected chi connectivity index (χ3v) is 5.79. The average molecular weight is 359 g/mol. The molecule has 0 bridgehead atoms. The summed E-state index contributed by atoms with van der Waals surface area (Å²) in [6.07, 6.45) is 5.18. The average Bonchev–Trinajstić information content (AvgIpc) is 2.61. The molecule has 24 heavy (non-hydrogen) atoms. The van der Waals surface area contributed by atoms with Crippen LogP contribution < -0.4 is 0 Å². The summed E-state index contributed by atoms with van der Waals surface area (Å²) in [5.74, 6) is 0. The lowest BCUT2D eigenvalue weighted by Gasteiger charge is -2.23. The molecule has 0 amide bonds. The highest BCUT2D eigenvalue weighted by Crippen LogP contribution is 2.36. The minimum absolute atomic E-state index is 0.135. The van der Waals surface area contributed by atoms with Gasteiger partial charge in [-0.3, -0.25) is 0 Å². The molecule has 0 unspecified atom stereocenters. The number of halogens is 1. The molecular formula is C18H15ClN2O2S. The second-order valence-corrected chi connectivity index (χ2v) is 8.18. The van der Waals surface area contributed by atoms with Crippen LogP contribution in [0, 0.1) is 0 Å². The first-order chi connectivity index (χ1) is 11.5. The van der Waals surface area contributed by atoms with E-state index in [9.17, 15) is 8.42 Å². The Morgan fingerprint density at radius 1 is 0.958 bits per heavy atom. The number of azo groups is 1. The van der Waals surface area contributed by atoms with Gasteiger partial charge in [-0.25, -0.2) is 8.42 Å². The quantitative estimate of drug-likeness (QED) is 0.565. The fourth-order valence-corrected chi connectivity index (χ4v) is 3.48. The molecule has 1 aliphatic rings. The van der Waals surface area contributed by atoms with Crippen LogP contribution in [0.15, 0.2) is 89.1 Å². The maximum Gasteiger partial charge on any atom is 0.264 e. The number of rotatable bonds is 4. The van der Waals surface area contributed by atoms with E-state index in [4.69, 9.17) is 10.7 Å². The van der Waals surface area contributed by atoms with Crippen LogP contribution in [0.2, 0.25) is 0 Å². The molecule has 2 aromatic rings. The Bertz CT molecular complexity index is 907. The van der Waals surface area contributed by atoms with E-state index < -0.39 is 13.9 Å². The molecule has 6 heteroatoms. The maximum absolute atomic E-state index is 12.1. The highest BCUT2D eigenvalue weighted by molar-refractivity contribution is 8.15. The lowest BCUT2D eigenvalue weighted by molar-refractivity contribution is 0.564. The third kappa shape index (κ3) is 3.47. The van der Waals surface area contributed by atoms with Crippen molar-refractivity contribution in [3.63, 3.8) is 0 Å². The Hall–Kier alpha value is -2.24. The first-order valence-corrected chi connectivity index (χ1v) is 9.68. The van der Waals surface area contributed by atoms with Crippen LogP contribution in [-0.4, -0.2) is 13.3 Å². The number of benzene rings is 2. The second-order valence-electron chi connectivity index (χ2n) is 5.38. The molecule has 1 aliphatic carbocycles. The van der Waals surface area contributed by atoms with E-state index >= 15 is 0 Å². The van der Waals surface area contributed by atoms with Crippen LogP contribution in [0.25, 0.3) is 5.57 Å². The molecule has 0 N–H and O–H groups in total. The summed E-state index contributed by atoms with van der Waals surface area (Å²) in [5, 5.41) is 8.11. The summed E-state index contributed by atoms with van der Waals surface area (Å²) >= 11 is 0. The van der Waals surface area contributed by atoms with Gasteiger partial charge in [-0.2, -0.15) is 10.2 Å². The SMILES string of the molecule is O=S(=O)(Cl)[C@@]1(N=Nc2ccccc2)C=CC(c2ccccc2)=CC1. The Balaban J connectivity index is 1.92. The number of hydrogen-bond donors (Lipinski definition) is 0. The molecule has 4 nitrogen and oxygen atoms in total. The van der Waals surface area contributed by atoms with E-state index in [2.05, 4.69) is 10.2 Å². The molecule has 0 aromatic heterocycles. The Labute approximate surface area is 145 Å². The van der Waals surface area contributed by atoms with Crippen LogP contribution in [0.4, 0.5) is 5.69 Å². The van der Waals surface area contributed by atoms with Gasteiger partial charge in [-0.15, -0.1) is 0 Å². The Morgan fingerprint density at radius 3 is 2.12 bits per heavy atom. The largest absolute Gasteiger partial charge is 0.264 e. The summed E-state index contributed by atoms with van der Waals surface area (Å²) in [4.78, 5) is -1.58. The molecule has 0 fully saturated rings.